The Morgan fingerprint density at radius 3 is 2.19 bits per heavy atom. The first-order valence-electron chi connectivity index (χ1n) is 8.18. The van der Waals surface area contributed by atoms with Crippen molar-refractivity contribution in [3.8, 4) is 0 Å². The van der Waals surface area contributed by atoms with Gasteiger partial charge in [-0.1, -0.05) is 12.1 Å². The summed E-state index contributed by atoms with van der Waals surface area (Å²) in [5, 5.41) is 7.49. The van der Waals surface area contributed by atoms with Gasteiger partial charge in [-0.2, -0.15) is 0 Å². The van der Waals surface area contributed by atoms with Crippen molar-refractivity contribution in [1.29, 1.82) is 0 Å². The predicted molar refractivity (Wildman–Crippen MR) is 93.5 cm³/mol. The van der Waals surface area contributed by atoms with Crippen LogP contribution in [-0.2, 0) is 12.8 Å². The molecule has 0 aliphatic heterocycles. The Balaban J connectivity index is 1.65. The smallest absolute Gasteiger partial charge is 0.189 e. The minimum absolute atomic E-state index is 0.0412. The van der Waals surface area contributed by atoms with Crippen molar-refractivity contribution in [1.82, 2.24) is 15.2 Å². The molecule has 5 nitrogen and oxygen atoms in total. The summed E-state index contributed by atoms with van der Waals surface area (Å²) in [6.45, 7) is 1.37. The van der Waals surface area contributed by atoms with E-state index in [2.05, 4.69) is 15.2 Å². The molecule has 0 spiro atoms. The highest BCUT2D eigenvalue weighted by Crippen LogP contribution is 2.14. The van der Waals surface area contributed by atoms with Crippen LogP contribution < -0.4 is 0 Å². The molecule has 136 valence electrons. The summed E-state index contributed by atoms with van der Waals surface area (Å²) >= 11 is 0. The van der Waals surface area contributed by atoms with Gasteiger partial charge in [0.15, 0.2) is 23.2 Å². The van der Waals surface area contributed by atoms with Crippen LogP contribution in [0.25, 0.3) is 0 Å². The Hall–Kier alpha value is -3.35. The SMILES string of the molecule is CC(=O)c1ccc(C(=O)Cc2ccc(Cc3ccc(F)c(F)c3)cn2)nn1. The maximum absolute atomic E-state index is 13.3. The van der Waals surface area contributed by atoms with Crippen LogP contribution in [0, 0.1) is 11.6 Å². The van der Waals surface area contributed by atoms with Gasteiger partial charge in [0.1, 0.15) is 11.4 Å². The zero-order valence-electron chi connectivity index (χ0n) is 14.4. The standard InChI is InChI=1S/C20H15F2N3O2/c1-12(26)18-6-7-19(25-24-18)20(27)10-15-4-2-14(11-23-15)8-13-3-5-16(21)17(22)9-13/h2-7,9,11H,8,10H2,1H3. The molecule has 0 aliphatic carbocycles. The molecule has 0 fully saturated rings. The molecule has 0 saturated heterocycles. The third-order valence-corrected chi connectivity index (χ3v) is 3.93. The highest BCUT2D eigenvalue weighted by molar-refractivity contribution is 5.96. The van der Waals surface area contributed by atoms with Gasteiger partial charge in [0.2, 0.25) is 0 Å². The van der Waals surface area contributed by atoms with Crippen LogP contribution in [0.2, 0.25) is 0 Å². The summed E-state index contributed by atoms with van der Waals surface area (Å²) in [7, 11) is 0. The zero-order valence-corrected chi connectivity index (χ0v) is 14.4. The van der Waals surface area contributed by atoms with E-state index in [1.54, 1.807) is 18.3 Å². The van der Waals surface area contributed by atoms with Crippen molar-refractivity contribution in [3.05, 3.63) is 88.5 Å². The molecule has 0 radical (unpaired) electrons. The fourth-order valence-electron chi connectivity index (χ4n) is 2.47. The Morgan fingerprint density at radius 2 is 1.59 bits per heavy atom. The third kappa shape index (κ3) is 4.63. The number of hydrogen-bond donors (Lipinski definition) is 0. The minimum atomic E-state index is -0.889. The number of ketones is 2. The molecule has 7 heteroatoms. The fourth-order valence-corrected chi connectivity index (χ4v) is 2.47. The van der Waals surface area contributed by atoms with Gasteiger partial charge >= 0.3 is 0 Å². The van der Waals surface area contributed by atoms with Crippen LogP contribution in [0.15, 0.2) is 48.7 Å². The fraction of sp³-hybridized carbons (Fsp3) is 0.150. The van der Waals surface area contributed by atoms with Crippen LogP contribution in [0.4, 0.5) is 8.78 Å². The van der Waals surface area contributed by atoms with Gasteiger partial charge in [0.25, 0.3) is 0 Å². The van der Waals surface area contributed by atoms with Crippen LogP contribution in [0.5, 0.6) is 0 Å². The first kappa shape index (κ1) is 18.4. The number of carbonyl (C=O) groups is 2. The first-order chi connectivity index (χ1) is 12.9. The molecule has 0 amide bonds. The molecule has 0 saturated carbocycles. The van der Waals surface area contributed by atoms with Crippen LogP contribution in [-0.4, -0.2) is 26.7 Å². The summed E-state index contributed by atoms with van der Waals surface area (Å²) in [4.78, 5) is 27.7. The lowest BCUT2D eigenvalue weighted by Crippen LogP contribution is -2.10. The number of hydrogen-bond acceptors (Lipinski definition) is 5. The first-order valence-corrected chi connectivity index (χ1v) is 8.18. The lowest BCUT2D eigenvalue weighted by molar-refractivity contribution is 0.0978. The van der Waals surface area contributed by atoms with E-state index < -0.39 is 11.6 Å². The maximum atomic E-state index is 13.3. The minimum Gasteiger partial charge on any atom is -0.293 e. The molecule has 3 rings (SSSR count). The number of halogens is 2. The number of Topliss-reactive ketones (excluding diaryl/α,β-unsaturated/α-hetero) is 2. The highest BCUT2D eigenvalue weighted by Gasteiger charge is 2.12. The van der Waals surface area contributed by atoms with Crippen molar-refractivity contribution in [2.24, 2.45) is 0 Å². The van der Waals surface area contributed by atoms with Gasteiger partial charge in [-0.3, -0.25) is 14.6 Å². The van der Waals surface area contributed by atoms with Gasteiger partial charge in [0, 0.05) is 18.8 Å². The molecule has 0 N–H and O–H groups in total. The molecular formula is C20H15F2N3O2. The van der Waals surface area contributed by atoms with E-state index in [1.807, 2.05) is 0 Å². The molecular weight excluding hydrogens is 352 g/mol. The number of benzene rings is 1. The van der Waals surface area contributed by atoms with Crippen molar-refractivity contribution < 1.29 is 18.4 Å². The summed E-state index contributed by atoms with van der Waals surface area (Å²) in [5.41, 5.74) is 2.34. The van der Waals surface area contributed by atoms with Gasteiger partial charge in [-0.15, -0.1) is 10.2 Å². The topological polar surface area (TPSA) is 72.8 Å². The maximum Gasteiger partial charge on any atom is 0.189 e. The van der Waals surface area contributed by atoms with E-state index >= 15 is 0 Å². The summed E-state index contributed by atoms with van der Waals surface area (Å²) in [6.07, 6.45) is 2.03. The molecule has 0 unspecified atom stereocenters. The molecule has 0 atom stereocenters. The number of rotatable bonds is 6. The van der Waals surface area contributed by atoms with E-state index in [9.17, 15) is 18.4 Å². The number of carbonyl (C=O) groups excluding carboxylic acids is 2. The predicted octanol–water partition coefficient (Wildman–Crippen LogP) is 3.37. The van der Waals surface area contributed by atoms with E-state index in [-0.39, 0.29) is 29.4 Å². The van der Waals surface area contributed by atoms with E-state index in [4.69, 9.17) is 0 Å². The second-order valence-electron chi connectivity index (χ2n) is 6.04. The van der Waals surface area contributed by atoms with Crippen LogP contribution >= 0.6 is 0 Å². The Morgan fingerprint density at radius 1 is 0.889 bits per heavy atom. The van der Waals surface area contributed by atoms with Crippen molar-refractivity contribution >= 4 is 11.6 Å². The van der Waals surface area contributed by atoms with Crippen LogP contribution in [0.1, 0.15) is 44.7 Å². The van der Waals surface area contributed by atoms with E-state index in [0.29, 0.717) is 17.7 Å². The average molecular weight is 367 g/mol. The Bertz CT molecular complexity index is 987. The lowest BCUT2D eigenvalue weighted by atomic mass is 10.1. The molecule has 2 aromatic heterocycles. The lowest BCUT2D eigenvalue weighted by Gasteiger charge is -2.05. The summed E-state index contributed by atoms with van der Waals surface area (Å²) in [6, 6.07) is 10.1. The van der Waals surface area contributed by atoms with Gasteiger partial charge < -0.3 is 0 Å². The molecule has 2 heterocycles. The second kappa shape index (κ2) is 7.90. The monoisotopic (exact) mass is 367 g/mol. The second-order valence-corrected chi connectivity index (χ2v) is 6.04. The molecule has 3 aromatic rings. The quantitative estimate of drug-likeness (QED) is 0.625. The Labute approximate surface area is 154 Å². The van der Waals surface area contributed by atoms with Crippen molar-refractivity contribution in [2.75, 3.05) is 0 Å². The normalized spacial score (nSPS) is 10.6. The van der Waals surface area contributed by atoms with Gasteiger partial charge in [-0.25, -0.2) is 8.78 Å². The zero-order chi connectivity index (χ0) is 19.4. The number of aromatic nitrogens is 3. The Kier molecular flexibility index (Phi) is 5.40. The molecule has 27 heavy (non-hydrogen) atoms. The highest BCUT2D eigenvalue weighted by atomic mass is 19.2. The largest absolute Gasteiger partial charge is 0.293 e. The van der Waals surface area contributed by atoms with Crippen LogP contribution in [0.3, 0.4) is 0 Å². The number of pyridine rings is 1. The summed E-state index contributed by atoms with van der Waals surface area (Å²) < 4.78 is 26.2. The molecule has 1 aromatic carbocycles. The third-order valence-electron chi connectivity index (χ3n) is 3.93. The molecule has 0 bridgehead atoms. The van der Waals surface area contributed by atoms with E-state index in [0.717, 1.165) is 17.7 Å². The molecule has 0 aliphatic rings. The average Bonchev–Trinajstić information content (AvgIpc) is 2.66. The van der Waals surface area contributed by atoms with Gasteiger partial charge in [0.05, 0.1) is 6.42 Å². The number of nitrogens with zero attached hydrogens (tertiary/aromatic N) is 3. The van der Waals surface area contributed by atoms with Crippen molar-refractivity contribution in [2.45, 2.75) is 19.8 Å². The van der Waals surface area contributed by atoms with E-state index in [1.165, 1.54) is 25.1 Å². The van der Waals surface area contributed by atoms with Gasteiger partial charge in [-0.05, 0) is 47.9 Å². The van der Waals surface area contributed by atoms with Crippen molar-refractivity contribution in [3.63, 3.8) is 0 Å². The summed E-state index contributed by atoms with van der Waals surface area (Å²) in [5.74, 6) is -2.26.